The third-order valence-corrected chi connectivity index (χ3v) is 3.28. The summed E-state index contributed by atoms with van der Waals surface area (Å²) < 4.78 is 11.1. The van der Waals surface area contributed by atoms with Gasteiger partial charge in [-0.3, -0.25) is 0 Å². The minimum Gasteiger partial charge on any atom is -0.493 e. The van der Waals surface area contributed by atoms with E-state index < -0.39 is 0 Å². The van der Waals surface area contributed by atoms with Gasteiger partial charge >= 0.3 is 0 Å². The Morgan fingerprint density at radius 1 is 1.15 bits per heavy atom. The van der Waals surface area contributed by atoms with Crippen LogP contribution in [0.5, 0.6) is 11.5 Å². The van der Waals surface area contributed by atoms with Crippen LogP contribution in [0.25, 0.3) is 0 Å². The van der Waals surface area contributed by atoms with E-state index in [-0.39, 0.29) is 6.61 Å². The normalized spacial score (nSPS) is 10.3. The van der Waals surface area contributed by atoms with E-state index in [0.29, 0.717) is 18.1 Å². The highest BCUT2D eigenvalue weighted by Gasteiger charge is 2.07. The summed E-state index contributed by atoms with van der Waals surface area (Å²) >= 11 is 0. The molecule has 0 unspecified atom stereocenters. The summed E-state index contributed by atoms with van der Waals surface area (Å²) in [6, 6.07) is 11.1. The smallest absolute Gasteiger partial charge is 0.161 e. The average molecular weight is 273 g/mol. The van der Waals surface area contributed by atoms with E-state index in [1.54, 1.807) is 19.2 Å². The lowest BCUT2D eigenvalue weighted by molar-refractivity contribution is 0.274. The van der Waals surface area contributed by atoms with Crippen LogP contribution in [0.1, 0.15) is 16.7 Å². The molecule has 20 heavy (non-hydrogen) atoms. The lowest BCUT2D eigenvalue weighted by atomic mass is 10.1. The van der Waals surface area contributed by atoms with E-state index in [2.05, 4.69) is 0 Å². The van der Waals surface area contributed by atoms with Crippen LogP contribution in [0.4, 0.5) is 5.69 Å². The molecule has 0 saturated heterocycles. The third-order valence-electron chi connectivity index (χ3n) is 3.28. The second-order valence-corrected chi connectivity index (χ2v) is 4.56. The van der Waals surface area contributed by atoms with Gasteiger partial charge in [0.2, 0.25) is 0 Å². The van der Waals surface area contributed by atoms with E-state index in [4.69, 9.17) is 20.3 Å². The van der Waals surface area contributed by atoms with E-state index in [0.717, 1.165) is 22.4 Å². The number of benzene rings is 2. The molecular formula is C16H19NO3. The molecule has 2 aromatic carbocycles. The molecule has 3 N–H and O–H groups in total. The third kappa shape index (κ3) is 3.03. The highest BCUT2D eigenvalue weighted by Crippen LogP contribution is 2.29. The maximum atomic E-state index is 9.11. The lowest BCUT2D eigenvalue weighted by Crippen LogP contribution is -2.02. The fourth-order valence-corrected chi connectivity index (χ4v) is 1.94. The van der Waals surface area contributed by atoms with Crippen LogP contribution in [-0.2, 0) is 13.2 Å². The number of anilines is 1. The molecule has 0 saturated carbocycles. The van der Waals surface area contributed by atoms with Gasteiger partial charge in [-0.05, 0) is 41.8 Å². The number of aliphatic hydroxyl groups is 1. The zero-order chi connectivity index (χ0) is 14.5. The quantitative estimate of drug-likeness (QED) is 0.822. The molecule has 0 radical (unpaired) electrons. The van der Waals surface area contributed by atoms with E-state index in [1.807, 2.05) is 31.2 Å². The predicted octanol–water partition coefficient (Wildman–Crippen LogP) is 2.66. The van der Waals surface area contributed by atoms with Crippen molar-refractivity contribution in [2.45, 2.75) is 20.1 Å². The number of nitrogen functional groups attached to an aromatic ring is 1. The van der Waals surface area contributed by atoms with E-state index in [1.165, 1.54) is 0 Å². The first-order valence-corrected chi connectivity index (χ1v) is 6.40. The molecule has 0 bridgehead atoms. The summed E-state index contributed by atoms with van der Waals surface area (Å²) in [6.07, 6.45) is 0. The maximum Gasteiger partial charge on any atom is 0.161 e. The number of hydrogen-bond acceptors (Lipinski definition) is 4. The maximum absolute atomic E-state index is 9.11. The standard InChI is InChI=1S/C16H19NO3/c1-11-13(4-3-5-14(11)17)10-20-15-7-6-12(9-18)8-16(15)19-2/h3-8,18H,9-10,17H2,1-2H3. The molecular weight excluding hydrogens is 254 g/mol. The molecule has 0 spiro atoms. The van der Waals surface area contributed by atoms with Gasteiger partial charge in [0, 0.05) is 5.69 Å². The van der Waals surface area contributed by atoms with Crippen molar-refractivity contribution in [2.24, 2.45) is 0 Å². The second kappa shape index (κ2) is 6.30. The summed E-state index contributed by atoms with van der Waals surface area (Å²) in [6.45, 7) is 2.37. The Labute approximate surface area is 118 Å². The summed E-state index contributed by atoms with van der Waals surface area (Å²) in [5.74, 6) is 1.25. The van der Waals surface area contributed by atoms with Crippen LogP contribution in [0.2, 0.25) is 0 Å². The average Bonchev–Trinajstić information content (AvgIpc) is 2.48. The van der Waals surface area contributed by atoms with Crippen molar-refractivity contribution in [1.29, 1.82) is 0 Å². The van der Waals surface area contributed by atoms with Gasteiger partial charge in [-0.1, -0.05) is 18.2 Å². The Balaban J connectivity index is 2.16. The van der Waals surface area contributed by atoms with Gasteiger partial charge in [0.05, 0.1) is 13.7 Å². The Morgan fingerprint density at radius 3 is 2.65 bits per heavy atom. The number of nitrogens with two attached hydrogens (primary N) is 1. The summed E-state index contributed by atoms with van der Waals surface area (Å²) in [5.41, 5.74) is 9.49. The Hall–Kier alpha value is -2.20. The highest BCUT2D eigenvalue weighted by molar-refractivity contribution is 5.50. The largest absolute Gasteiger partial charge is 0.493 e. The Kier molecular flexibility index (Phi) is 4.48. The highest BCUT2D eigenvalue weighted by atomic mass is 16.5. The number of methoxy groups -OCH3 is 1. The van der Waals surface area contributed by atoms with Crippen LogP contribution in [-0.4, -0.2) is 12.2 Å². The van der Waals surface area contributed by atoms with Gasteiger partial charge < -0.3 is 20.3 Å². The molecule has 0 aliphatic heterocycles. The fourth-order valence-electron chi connectivity index (χ4n) is 1.94. The number of rotatable bonds is 5. The van der Waals surface area contributed by atoms with Gasteiger partial charge in [0.1, 0.15) is 6.61 Å². The van der Waals surface area contributed by atoms with Crippen LogP contribution >= 0.6 is 0 Å². The zero-order valence-electron chi connectivity index (χ0n) is 11.7. The van der Waals surface area contributed by atoms with Crippen molar-refractivity contribution >= 4 is 5.69 Å². The number of aliphatic hydroxyl groups excluding tert-OH is 1. The molecule has 0 heterocycles. The zero-order valence-corrected chi connectivity index (χ0v) is 11.7. The first-order valence-electron chi connectivity index (χ1n) is 6.40. The Bertz CT molecular complexity index is 596. The van der Waals surface area contributed by atoms with Crippen LogP contribution in [0.15, 0.2) is 36.4 Å². The van der Waals surface area contributed by atoms with Crippen LogP contribution in [0, 0.1) is 6.92 Å². The molecule has 0 fully saturated rings. The first-order chi connectivity index (χ1) is 9.65. The molecule has 0 aliphatic rings. The summed E-state index contributed by atoms with van der Waals surface area (Å²) in [7, 11) is 1.58. The minimum absolute atomic E-state index is 0.0229. The number of ether oxygens (including phenoxy) is 2. The van der Waals surface area contributed by atoms with Crippen molar-refractivity contribution < 1.29 is 14.6 Å². The molecule has 2 rings (SSSR count). The molecule has 2 aromatic rings. The van der Waals surface area contributed by atoms with Gasteiger partial charge in [0.25, 0.3) is 0 Å². The molecule has 4 heteroatoms. The van der Waals surface area contributed by atoms with Crippen molar-refractivity contribution in [2.75, 3.05) is 12.8 Å². The molecule has 0 aliphatic carbocycles. The summed E-state index contributed by atoms with van der Waals surface area (Å²) in [4.78, 5) is 0. The van der Waals surface area contributed by atoms with Gasteiger partial charge in [-0.25, -0.2) is 0 Å². The monoisotopic (exact) mass is 273 g/mol. The Morgan fingerprint density at radius 2 is 1.95 bits per heavy atom. The van der Waals surface area contributed by atoms with Gasteiger partial charge in [-0.15, -0.1) is 0 Å². The van der Waals surface area contributed by atoms with Gasteiger partial charge in [0.15, 0.2) is 11.5 Å². The van der Waals surface area contributed by atoms with Crippen LogP contribution in [0.3, 0.4) is 0 Å². The van der Waals surface area contributed by atoms with Crippen molar-refractivity contribution in [3.8, 4) is 11.5 Å². The SMILES string of the molecule is COc1cc(CO)ccc1OCc1cccc(N)c1C. The summed E-state index contributed by atoms with van der Waals surface area (Å²) in [5, 5.41) is 9.11. The van der Waals surface area contributed by atoms with E-state index in [9.17, 15) is 0 Å². The fraction of sp³-hybridized carbons (Fsp3) is 0.250. The molecule has 0 amide bonds. The first kappa shape index (κ1) is 14.2. The van der Waals surface area contributed by atoms with Crippen molar-refractivity contribution in [1.82, 2.24) is 0 Å². The van der Waals surface area contributed by atoms with E-state index >= 15 is 0 Å². The minimum atomic E-state index is -0.0229. The van der Waals surface area contributed by atoms with Crippen molar-refractivity contribution in [3.63, 3.8) is 0 Å². The van der Waals surface area contributed by atoms with Crippen LogP contribution < -0.4 is 15.2 Å². The lowest BCUT2D eigenvalue weighted by Gasteiger charge is -2.13. The second-order valence-electron chi connectivity index (χ2n) is 4.56. The molecule has 0 atom stereocenters. The van der Waals surface area contributed by atoms with Crippen molar-refractivity contribution in [3.05, 3.63) is 53.1 Å². The van der Waals surface area contributed by atoms with Gasteiger partial charge in [-0.2, -0.15) is 0 Å². The molecule has 0 aromatic heterocycles. The predicted molar refractivity (Wildman–Crippen MR) is 78.8 cm³/mol. The number of hydrogen-bond donors (Lipinski definition) is 2. The molecule has 106 valence electrons. The topological polar surface area (TPSA) is 64.7 Å². The molecule has 4 nitrogen and oxygen atoms in total.